The number of rotatable bonds is 3. The van der Waals surface area contributed by atoms with E-state index in [1.54, 1.807) is 23.0 Å². The van der Waals surface area contributed by atoms with Gasteiger partial charge in [0, 0.05) is 25.4 Å². The van der Waals surface area contributed by atoms with E-state index in [1.165, 1.54) is 0 Å². The molecule has 2 aromatic rings. The molecule has 0 saturated carbocycles. The molecule has 0 bridgehead atoms. The largest absolute Gasteiger partial charge is 0.386 e. The number of halogens is 1. The highest BCUT2D eigenvalue weighted by atomic mass is 35.5. The van der Waals surface area contributed by atoms with Gasteiger partial charge >= 0.3 is 0 Å². The summed E-state index contributed by atoms with van der Waals surface area (Å²) in [5.41, 5.74) is 2.39. The van der Waals surface area contributed by atoms with Gasteiger partial charge in [-0.05, 0) is 25.1 Å². The highest BCUT2D eigenvalue weighted by Gasteiger charge is 2.15. The molecule has 2 rings (SSSR count). The third-order valence-corrected chi connectivity index (χ3v) is 2.92. The van der Waals surface area contributed by atoms with Crippen LogP contribution in [0.15, 0.2) is 24.4 Å². The minimum atomic E-state index is -0.710. The molecule has 1 atom stereocenters. The lowest BCUT2D eigenvalue weighted by molar-refractivity contribution is 0.171. The molecule has 0 radical (unpaired) electrons. The Morgan fingerprint density at radius 2 is 2.29 bits per heavy atom. The minimum absolute atomic E-state index is 0.452. The summed E-state index contributed by atoms with van der Waals surface area (Å²) in [5.74, 6) is 0. The van der Waals surface area contributed by atoms with Crippen molar-refractivity contribution in [1.82, 2.24) is 14.8 Å². The Morgan fingerprint density at radius 1 is 1.53 bits per heavy atom. The fraction of sp³-hybridized carbons (Fsp3) is 0.333. The van der Waals surface area contributed by atoms with Gasteiger partial charge < -0.3 is 5.11 Å². The molecule has 1 unspecified atom stereocenters. The number of nitrogens with zero attached hydrogens (tertiary/aromatic N) is 3. The zero-order chi connectivity index (χ0) is 12.4. The van der Waals surface area contributed by atoms with Gasteiger partial charge in [0.15, 0.2) is 0 Å². The molecule has 17 heavy (non-hydrogen) atoms. The van der Waals surface area contributed by atoms with Crippen LogP contribution in [-0.2, 0) is 13.5 Å². The van der Waals surface area contributed by atoms with Gasteiger partial charge in [0.05, 0.1) is 16.4 Å². The molecular weight excluding hydrogens is 238 g/mol. The van der Waals surface area contributed by atoms with E-state index in [1.807, 2.05) is 20.0 Å². The van der Waals surface area contributed by atoms with Crippen molar-refractivity contribution in [2.24, 2.45) is 7.05 Å². The number of aliphatic hydroxyl groups is 1. The first-order chi connectivity index (χ1) is 8.08. The number of aliphatic hydroxyl groups excluding tert-OH is 1. The van der Waals surface area contributed by atoms with Gasteiger partial charge in [-0.3, -0.25) is 9.67 Å². The van der Waals surface area contributed by atoms with E-state index in [0.717, 1.165) is 11.4 Å². The summed E-state index contributed by atoms with van der Waals surface area (Å²) in [6.45, 7) is 1.92. The standard InChI is InChI=1S/C12H14ClN3O/c1-8-6-9(16(2)15-8)7-11(17)12-10(13)4-3-5-14-12/h3-6,11,17H,7H2,1-2H3. The average molecular weight is 252 g/mol. The molecule has 0 aliphatic heterocycles. The Morgan fingerprint density at radius 3 is 2.88 bits per heavy atom. The van der Waals surface area contributed by atoms with E-state index in [0.29, 0.717) is 17.1 Å². The van der Waals surface area contributed by atoms with Crippen LogP contribution in [-0.4, -0.2) is 19.9 Å². The lowest BCUT2D eigenvalue weighted by Crippen LogP contribution is -2.08. The molecule has 0 aliphatic rings. The Labute approximate surface area is 105 Å². The molecule has 2 aromatic heterocycles. The SMILES string of the molecule is Cc1cc(CC(O)c2ncccc2Cl)n(C)n1. The monoisotopic (exact) mass is 251 g/mol. The summed E-state index contributed by atoms with van der Waals surface area (Å²) in [4.78, 5) is 4.10. The number of aromatic nitrogens is 3. The van der Waals surface area contributed by atoms with Crippen molar-refractivity contribution >= 4 is 11.6 Å². The summed E-state index contributed by atoms with van der Waals surface area (Å²) in [5, 5.41) is 14.8. The van der Waals surface area contributed by atoms with Gasteiger partial charge in [-0.15, -0.1) is 0 Å². The fourth-order valence-electron chi connectivity index (χ4n) is 1.79. The summed E-state index contributed by atoms with van der Waals surface area (Å²) in [7, 11) is 1.86. The second-order valence-corrected chi connectivity index (χ2v) is 4.40. The molecule has 0 aromatic carbocycles. The van der Waals surface area contributed by atoms with Gasteiger partial charge in [0.25, 0.3) is 0 Å². The molecule has 0 aliphatic carbocycles. The number of hydrogen-bond donors (Lipinski definition) is 1. The Bertz CT molecular complexity index is 524. The highest BCUT2D eigenvalue weighted by Crippen LogP contribution is 2.23. The third kappa shape index (κ3) is 2.65. The van der Waals surface area contributed by atoms with Crippen LogP contribution >= 0.6 is 11.6 Å². The smallest absolute Gasteiger partial charge is 0.103 e. The van der Waals surface area contributed by atoms with Crippen LogP contribution in [0.5, 0.6) is 0 Å². The predicted molar refractivity (Wildman–Crippen MR) is 65.9 cm³/mol. The molecule has 1 N–H and O–H groups in total. The van der Waals surface area contributed by atoms with Gasteiger partial charge in [-0.1, -0.05) is 11.6 Å². The van der Waals surface area contributed by atoms with E-state index in [-0.39, 0.29) is 0 Å². The van der Waals surface area contributed by atoms with E-state index in [9.17, 15) is 5.11 Å². The van der Waals surface area contributed by atoms with Gasteiger partial charge in [0.1, 0.15) is 6.10 Å². The van der Waals surface area contributed by atoms with Crippen molar-refractivity contribution in [3.05, 3.63) is 46.5 Å². The molecule has 2 heterocycles. The van der Waals surface area contributed by atoms with Crippen molar-refractivity contribution in [1.29, 1.82) is 0 Å². The summed E-state index contributed by atoms with van der Waals surface area (Å²) in [6.07, 6.45) is 1.37. The molecule has 5 heteroatoms. The number of aryl methyl sites for hydroxylation is 2. The molecule has 4 nitrogen and oxygen atoms in total. The summed E-state index contributed by atoms with van der Waals surface area (Å²) < 4.78 is 1.76. The first-order valence-corrected chi connectivity index (χ1v) is 5.73. The Hall–Kier alpha value is -1.39. The van der Waals surface area contributed by atoms with Crippen LogP contribution in [0.2, 0.25) is 5.02 Å². The quantitative estimate of drug-likeness (QED) is 0.908. The van der Waals surface area contributed by atoms with Crippen molar-refractivity contribution in [3.8, 4) is 0 Å². The van der Waals surface area contributed by atoms with Crippen LogP contribution < -0.4 is 0 Å². The summed E-state index contributed by atoms with van der Waals surface area (Å²) in [6, 6.07) is 5.41. The summed E-state index contributed by atoms with van der Waals surface area (Å²) >= 11 is 5.99. The molecule has 0 fully saturated rings. The van der Waals surface area contributed by atoms with Crippen LogP contribution in [0, 0.1) is 6.92 Å². The zero-order valence-corrected chi connectivity index (χ0v) is 10.5. The van der Waals surface area contributed by atoms with Crippen LogP contribution in [0.1, 0.15) is 23.2 Å². The fourth-order valence-corrected chi connectivity index (χ4v) is 2.04. The Kier molecular flexibility index (Phi) is 3.45. The van der Waals surface area contributed by atoms with E-state index in [2.05, 4.69) is 10.1 Å². The van der Waals surface area contributed by atoms with Crippen molar-refractivity contribution in [2.45, 2.75) is 19.4 Å². The molecular formula is C12H14ClN3O. The normalized spacial score (nSPS) is 12.7. The molecule has 0 saturated heterocycles. The van der Waals surface area contributed by atoms with Crippen LogP contribution in [0.3, 0.4) is 0 Å². The van der Waals surface area contributed by atoms with E-state index < -0.39 is 6.10 Å². The van der Waals surface area contributed by atoms with E-state index in [4.69, 9.17) is 11.6 Å². The third-order valence-electron chi connectivity index (χ3n) is 2.60. The Balaban J connectivity index is 2.20. The second-order valence-electron chi connectivity index (χ2n) is 3.99. The molecule has 0 amide bonds. The average Bonchev–Trinajstić information content (AvgIpc) is 2.58. The molecule has 0 spiro atoms. The number of hydrogen-bond acceptors (Lipinski definition) is 3. The topological polar surface area (TPSA) is 50.9 Å². The lowest BCUT2D eigenvalue weighted by Gasteiger charge is -2.11. The predicted octanol–water partition coefficient (Wildman–Crippen LogP) is 2.05. The first-order valence-electron chi connectivity index (χ1n) is 5.36. The lowest BCUT2D eigenvalue weighted by atomic mass is 10.1. The number of pyridine rings is 1. The van der Waals surface area contributed by atoms with Crippen molar-refractivity contribution in [2.75, 3.05) is 0 Å². The van der Waals surface area contributed by atoms with Gasteiger partial charge in [0.2, 0.25) is 0 Å². The van der Waals surface area contributed by atoms with E-state index >= 15 is 0 Å². The maximum absolute atomic E-state index is 10.1. The highest BCUT2D eigenvalue weighted by molar-refractivity contribution is 6.31. The van der Waals surface area contributed by atoms with Gasteiger partial charge in [-0.2, -0.15) is 5.10 Å². The maximum atomic E-state index is 10.1. The minimum Gasteiger partial charge on any atom is -0.386 e. The maximum Gasteiger partial charge on any atom is 0.103 e. The second kappa shape index (κ2) is 4.85. The molecule has 90 valence electrons. The van der Waals surface area contributed by atoms with Crippen molar-refractivity contribution < 1.29 is 5.11 Å². The van der Waals surface area contributed by atoms with Gasteiger partial charge in [-0.25, -0.2) is 0 Å². The first kappa shape index (κ1) is 12.1. The zero-order valence-electron chi connectivity index (χ0n) is 9.76. The van der Waals surface area contributed by atoms with Crippen molar-refractivity contribution in [3.63, 3.8) is 0 Å². The van der Waals surface area contributed by atoms with Crippen LogP contribution in [0.25, 0.3) is 0 Å². The van der Waals surface area contributed by atoms with Crippen LogP contribution in [0.4, 0.5) is 0 Å².